The third kappa shape index (κ3) is 2.33. The summed E-state index contributed by atoms with van der Waals surface area (Å²) in [7, 11) is 0. The van der Waals surface area contributed by atoms with Crippen LogP contribution in [0.4, 0.5) is 0 Å². The summed E-state index contributed by atoms with van der Waals surface area (Å²) in [6, 6.07) is 3.37. The molecule has 0 fully saturated rings. The normalized spacial score (nSPS) is 14.3. The molecule has 6 heteroatoms. The number of rotatable bonds is 1. The monoisotopic (exact) mass is 276 g/mol. The van der Waals surface area contributed by atoms with Crippen LogP contribution in [-0.4, -0.2) is 31.9 Å². The molecule has 3 rings (SSSR count). The molecule has 0 aliphatic carbocycles. The summed E-state index contributed by atoms with van der Waals surface area (Å²) in [5.41, 5.74) is 1.33. The van der Waals surface area contributed by atoms with Gasteiger partial charge in [0.15, 0.2) is 0 Å². The summed E-state index contributed by atoms with van der Waals surface area (Å²) in [6.45, 7) is 3.82. The van der Waals surface area contributed by atoms with Gasteiger partial charge in [-0.3, -0.25) is 4.79 Å². The van der Waals surface area contributed by atoms with Crippen LogP contribution in [0.3, 0.4) is 0 Å². The first-order valence-electron chi connectivity index (χ1n) is 6.07. The summed E-state index contributed by atoms with van der Waals surface area (Å²) in [6.07, 6.45) is 3.70. The maximum atomic E-state index is 12.4. The third-order valence-electron chi connectivity index (χ3n) is 3.20. The lowest BCUT2D eigenvalue weighted by Gasteiger charge is -2.27. The van der Waals surface area contributed by atoms with E-state index in [1.165, 1.54) is 0 Å². The molecular formula is C13H13ClN4O. The average molecular weight is 277 g/mol. The lowest BCUT2D eigenvalue weighted by molar-refractivity contribution is 0.0707. The molecule has 1 aliphatic rings. The number of amides is 1. The van der Waals surface area contributed by atoms with E-state index < -0.39 is 0 Å². The lowest BCUT2D eigenvalue weighted by atomic mass is 10.2. The Balaban J connectivity index is 1.85. The Bertz CT molecular complexity index is 617. The summed E-state index contributed by atoms with van der Waals surface area (Å²) < 4.78 is 2.06. The fraction of sp³-hybridized carbons (Fsp3) is 0.308. The maximum Gasteiger partial charge on any atom is 0.254 e. The zero-order valence-electron chi connectivity index (χ0n) is 10.5. The van der Waals surface area contributed by atoms with Crippen molar-refractivity contribution in [1.29, 1.82) is 0 Å². The van der Waals surface area contributed by atoms with Crippen LogP contribution in [0.25, 0.3) is 0 Å². The molecule has 0 bridgehead atoms. The number of pyridine rings is 1. The molecule has 0 radical (unpaired) electrons. The van der Waals surface area contributed by atoms with Gasteiger partial charge in [-0.25, -0.2) is 9.97 Å². The van der Waals surface area contributed by atoms with Crippen molar-refractivity contribution in [2.24, 2.45) is 0 Å². The first-order chi connectivity index (χ1) is 9.13. The van der Waals surface area contributed by atoms with Crippen molar-refractivity contribution in [3.05, 3.63) is 46.8 Å². The predicted molar refractivity (Wildman–Crippen MR) is 71.0 cm³/mol. The average Bonchev–Trinajstić information content (AvgIpc) is 2.83. The highest BCUT2D eigenvalue weighted by Gasteiger charge is 2.22. The van der Waals surface area contributed by atoms with E-state index in [2.05, 4.69) is 14.5 Å². The second kappa shape index (κ2) is 4.66. The molecular weight excluding hydrogens is 264 g/mol. The van der Waals surface area contributed by atoms with Gasteiger partial charge in [0.1, 0.15) is 11.0 Å². The minimum Gasteiger partial charge on any atom is -0.332 e. The molecule has 0 saturated heterocycles. The van der Waals surface area contributed by atoms with E-state index in [1.54, 1.807) is 23.2 Å². The van der Waals surface area contributed by atoms with Crippen molar-refractivity contribution in [1.82, 2.24) is 19.4 Å². The van der Waals surface area contributed by atoms with Crippen molar-refractivity contribution in [2.75, 3.05) is 6.54 Å². The number of aromatic nitrogens is 3. The smallest absolute Gasteiger partial charge is 0.254 e. The molecule has 98 valence electrons. The summed E-state index contributed by atoms with van der Waals surface area (Å²) in [5, 5.41) is 0.349. The highest BCUT2D eigenvalue weighted by Crippen LogP contribution is 2.16. The van der Waals surface area contributed by atoms with Crippen LogP contribution in [0.15, 0.2) is 24.5 Å². The fourth-order valence-electron chi connectivity index (χ4n) is 2.28. The third-order valence-corrected chi connectivity index (χ3v) is 3.39. The number of carbonyl (C=O) groups excluding carboxylic acids is 1. The second-order valence-electron chi connectivity index (χ2n) is 4.58. The molecule has 5 nitrogen and oxygen atoms in total. The number of aryl methyl sites for hydroxylation is 1. The number of halogens is 1. The molecule has 19 heavy (non-hydrogen) atoms. The van der Waals surface area contributed by atoms with E-state index >= 15 is 0 Å². The number of fused-ring (bicyclic) bond motifs is 1. The Labute approximate surface area is 115 Å². The first-order valence-corrected chi connectivity index (χ1v) is 6.45. The number of hydrogen-bond acceptors (Lipinski definition) is 3. The van der Waals surface area contributed by atoms with Gasteiger partial charge in [-0.05, 0) is 19.1 Å². The Morgan fingerprint density at radius 3 is 3.00 bits per heavy atom. The highest BCUT2D eigenvalue weighted by atomic mass is 35.5. The predicted octanol–water partition coefficient (Wildman–Crippen LogP) is 1.90. The molecule has 2 aromatic rings. The minimum absolute atomic E-state index is 0.0262. The number of imidazole rings is 1. The zero-order chi connectivity index (χ0) is 13.4. The number of hydrogen-bond donors (Lipinski definition) is 0. The van der Waals surface area contributed by atoms with Gasteiger partial charge in [0.25, 0.3) is 5.91 Å². The van der Waals surface area contributed by atoms with Crippen LogP contribution in [-0.2, 0) is 13.1 Å². The zero-order valence-corrected chi connectivity index (χ0v) is 11.3. The summed E-state index contributed by atoms with van der Waals surface area (Å²) in [4.78, 5) is 22.5. The molecule has 0 N–H and O–H groups in total. The van der Waals surface area contributed by atoms with Crippen LogP contribution in [0.2, 0.25) is 5.15 Å². The van der Waals surface area contributed by atoms with E-state index in [0.717, 1.165) is 18.1 Å². The van der Waals surface area contributed by atoms with E-state index in [4.69, 9.17) is 11.6 Å². The molecule has 0 spiro atoms. The fourth-order valence-corrected chi connectivity index (χ4v) is 2.53. The van der Waals surface area contributed by atoms with Gasteiger partial charge in [0.05, 0.1) is 6.54 Å². The van der Waals surface area contributed by atoms with E-state index in [0.29, 0.717) is 23.8 Å². The van der Waals surface area contributed by atoms with Crippen LogP contribution in [0.1, 0.15) is 21.9 Å². The van der Waals surface area contributed by atoms with Gasteiger partial charge in [0.2, 0.25) is 0 Å². The van der Waals surface area contributed by atoms with Gasteiger partial charge in [0, 0.05) is 36.7 Å². The van der Waals surface area contributed by atoms with Gasteiger partial charge in [-0.2, -0.15) is 0 Å². The van der Waals surface area contributed by atoms with Gasteiger partial charge in [-0.1, -0.05) is 11.6 Å². The van der Waals surface area contributed by atoms with Crippen molar-refractivity contribution < 1.29 is 4.79 Å². The van der Waals surface area contributed by atoms with Crippen molar-refractivity contribution in [3.8, 4) is 0 Å². The Morgan fingerprint density at radius 1 is 1.37 bits per heavy atom. The standard InChI is InChI=1S/C13H13ClN4O/c1-9-6-10(7-11(14)16-9)13(19)18-5-4-17-3-2-15-12(17)8-18/h2-3,6-7H,4-5,8H2,1H3. The maximum absolute atomic E-state index is 12.4. The largest absolute Gasteiger partial charge is 0.332 e. The quantitative estimate of drug-likeness (QED) is 0.748. The topological polar surface area (TPSA) is 51.0 Å². The summed E-state index contributed by atoms with van der Waals surface area (Å²) in [5.74, 6) is 0.887. The summed E-state index contributed by atoms with van der Waals surface area (Å²) >= 11 is 5.90. The van der Waals surface area contributed by atoms with Crippen LogP contribution < -0.4 is 0 Å². The number of carbonyl (C=O) groups is 1. The van der Waals surface area contributed by atoms with Crippen molar-refractivity contribution in [2.45, 2.75) is 20.0 Å². The lowest BCUT2D eigenvalue weighted by Crippen LogP contribution is -2.38. The second-order valence-corrected chi connectivity index (χ2v) is 4.97. The molecule has 0 saturated carbocycles. The van der Waals surface area contributed by atoms with Crippen LogP contribution in [0.5, 0.6) is 0 Å². The molecule has 3 heterocycles. The Morgan fingerprint density at radius 2 is 2.21 bits per heavy atom. The van der Waals surface area contributed by atoms with Gasteiger partial charge >= 0.3 is 0 Å². The molecule has 0 atom stereocenters. The molecule has 1 amide bonds. The van der Waals surface area contributed by atoms with Crippen molar-refractivity contribution >= 4 is 17.5 Å². The van der Waals surface area contributed by atoms with Crippen molar-refractivity contribution in [3.63, 3.8) is 0 Å². The minimum atomic E-state index is -0.0262. The molecule has 0 unspecified atom stereocenters. The van der Waals surface area contributed by atoms with Gasteiger partial charge in [-0.15, -0.1) is 0 Å². The van der Waals surface area contributed by atoms with E-state index in [9.17, 15) is 4.79 Å². The van der Waals surface area contributed by atoms with Gasteiger partial charge < -0.3 is 9.47 Å². The first kappa shape index (κ1) is 12.2. The van der Waals surface area contributed by atoms with Crippen LogP contribution >= 0.6 is 11.6 Å². The van der Waals surface area contributed by atoms with Crippen LogP contribution in [0, 0.1) is 6.92 Å². The van der Waals surface area contributed by atoms with E-state index in [-0.39, 0.29) is 5.91 Å². The molecule has 1 aliphatic heterocycles. The SMILES string of the molecule is Cc1cc(C(=O)N2CCn3ccnc3C2)cc(Cl)n1. The Kier molecular flexibility index (Phi) is 2.98. The Hall–Kier alpha value is -1.88. The highest BCUT2D eigenvalue weighted by molar-refractivity contribution is 6.29. The molecule has 2 aromatic heterocycles. The van der Waals surface area contributed by atoms with E-state index in [1.807, 2.05) is 13.1 Å². The number of nitrogens with zero attached hydrogens (tertiary/aromatic N) is 4. The molecule has 0 aromatic carbocycles.